The Morgan fingerprint density at radius 3 is 2.75 bits per heavy atom. The van der Waals surface area contributed by atoms with Gasteiger partial charge in [0.25, 0.3) is 5.91 Å². The number of benzene rings is 1. The zero-order valence-corrected chi connectivity index (χ0v) is 14.4. The number of para-hydroxylation sites is 2. The summed E-state index contributed by atoms with van der Waals surface area (Å²) in [6, 6.07) is 9.27. The highest BCUT2D eigenvalue weighted by atomic mass is 16.5. The van der Waals surface area contributed by atoms with Crippen molar-refractivity contribution in [3.8, 4) is 5.75 Å². The number of hydrogen-bond donors (Lipinski definition) is 2. The summed E-state index contributed by atoms with van der Waals surface area (Å²) in [5, 5.41) is 6.07. The molecule has 24 heavy (non-hydrogen) atoms. The van der Waals surface area contributed by atoms with E-state index in [4.69, 9.17) is 4.74 Å². The largest absolute Gasteiger partial charge is 0.492 e. The quantitative estimate of drug-likeness (QED) is 0.726. The number of nitrogens with one attached hydrogen (secondary N) is 2. The number of hydrogen-bond acceptors (Lipinski definition) is 5. The number of ether oxygens (including phenoxy) is 1. The summed E-state index contributed by atoms with van der Waals surface area (Å²) in [5.74, 6) is 1.66. The van der Waals surface area contributed by atoms with Crippen molar-refractivity contribution in [2.75, 3.05) is 18.5 Å². The normalized spacial score (nSPS) is 10.3. The molecule has 6 heteroatoms. The Morgan fingerprint density at radius 2 is 2.00 bits per heavy atom. The summed E-state index contributed by atoms with van der Waals surface area (Å²) < 4.78 is 5.60. The Balaban J connectivity index is 2.18. The maximum absolute atomic E-state index is 12.2. The van der Waals surface area contributed by atoms with Gasteiger partial charge >= 0.3 is 0 Å². The van der Waals surface area contributed by atoms with Gasteiger partial charge in [-0.1, -0.05) is 25.5 Å². The molecule has 2 aromatic rings. The lowest BCUT2D eigenvalue weighted by atomic mass is 10.2. The van der Waals surface area contributed by atoms with Gasteiger partial charge < -0.3 is 15.4 Å². The van der Waals surface area contributed by atoms with Gasteiger partial charge in [0.2, 0.25) is 0 Å². The third-order valence-corrected chi connectivity index (χ3v) is 3.34. The van der Waals surface area contributed by atoms with E-state index in [0.717, 1.165) is 24.3 Å². The lowest BCUT2D eigenvalue weighted by Crippen LogP contribution is -2.25. The fourth-order valence-corrected chi connectivity index (χ4v) is 2.21. The highest BCUT2D eigenvalue weighted by Gasteiger charge is 2.11. The van der Waals surface area contributed by atoms with Crippen LogP contribution in [0.5, 0.6) is 5.75 Å². The molecular formula is C18H24N4O2. The maximum atomic E-state index is 12.2. The van der Waals surface area contributed by atoms with Crippen molar-refractivity contribution in [3.63, 3.8) is 0 Å². The van der Waals surface area contributed by atoms with Crippen LogP contribution in [0.25, 0.3) is 0 Å². The van der Waals surface area contributed by atoms with E-state index in [-0.39, 0.29) is 5.91 Å². The standard InChI is InChI=1S/C18H24N4O2/c1-4-6-11-19-18(23)15-12-17(21-13(3)20-15)22-14-9-7-8-10-16(14)24-5-2/h7-10,12H,4-6,11H2,1-3H3,(H,19,23)(H,20,21,22). The minimum absolute atomic E-state index is 0.185. The van der Waals surface area contributed by atoms with Gasteiger partial charge in [0.15, 0.2) is 0 Å². The van der Waals surface area contributed by atoms with E-state index in [1.165, 1.54) is 0 Å². The number of carbonyl (C=O) groups excluding carboxylic acids is 1. The summed E-state index contributed by atoms with van der Waals surface area (Å²) in [5.41, 5.74) is 1.16. The Bertz CT molecular complexity index is 688. The summed E-state index contributed by atoms with van der Waals surface area (Å²) >= 11 is 0. The van der Waals surface area contributed by atoms with Crippen molar-refractivity contribution in [3.05, 3.63) is 41.9 Å². The third-order valence-electron chi connectivity index (χ3n) is 3.34. The molecular weight excluding hydrogens is 304 g/mol. The minimum atomic E-state index is -0.185. The molecule has 0 fully saturated rings. The second-order valence-electron chi connectivity index (χ2n) is 5.35. The van der Waals surface area contributed by atoms with Gasteiger partial charge in [0, 0.05) is 12.6 Å². The number of aromatic nitrogens is 2. The lowest BCUT2D eigenvalue weighted by Gasteiger charge is -2.12. The number of nitrogens with zero attached hydrogens (tertiary/aromatic N) is 2. The molecule has 0 aliphatic heterocycles. The number of unbranched alkanes of at least 4 members (excludes halogenated alkanes) is 1. The van der Waals surface area contributed by atoms with Crippen molar-refractivity contribution in [2.45, 2.75) is 33.6 Å². The molecule has 2 N–H and O–H groups in total. The zero-order valence-electron chi connectivity index (χ0n) is 14.4. The molecule has 1 aromatic carbocycles. The Kier molecular flexibility index (Phi) is 6.54. The fraction of sp³-hybridized carbons (Fsp3) is 0.389. The predicted molar refractivity (Wildman–Crippen MR) is 94.9 cm³/mol. The van der Waals surface area contributed by atoms with Crippen LogP contribution in [0.1, 0.15) is 43.0 Å². The fourth-order valence-electron chi connectivity index (χ4n) is 2.21. The average Bonchev–Trinajstić information content (AvgIpc) is 2.56. The Morgan fingerprint density at radius 1 is 1.21 bits per heavy atom. The topological polar surface area (TPSA) is 76.1 Å². The van der Waals surface area contributed by atoms with Gasteiger partial charge in [-0.05, 0) is 32.4 Å². The van der Waals surface area contributed by atoms with Crippen molar-refractivity contribution in [1.29, 1.82) is 0 Å². The van der Waals surface area contributed by atoms with Crippen LogP contribution >= 0.6 is 0 Å². The first-order valence-corrected chi connectivity index (χ1v) is 8.26. The summed E-state index contributed by atoms with van der Waals surface area (Å²) in [6.07, 6.45) is 1.98. The number of aryl methyl sites for hydroxylation is 1. The second-order valence-corrected chi connectivity index (χ2v) is 5.35. The van der Waals surface area contributed by atoms with Crippen LogP contribution < -0.4 is 15.4 Å². The molecule has 0 atom stereocenters. The molecule has 1 heterocycles. The molecule has 2 rings (SSSR count). The molecule has 1 aromatic heterocycles. The molecule has 0 unspecified atom stereocenters. The molecule has 0 radical (unpaired) electrons. The summed E-state index contributed by atoms with van der Waals surface area (Å²) in [7, 11) is 0. The molecule has 0 aliphatic carbocycles. The number of anilines is 2. The van der Waals surface area contributed by atoms with E-state index in [0.29, 0.717) is 30.5 Å². The van der Waals surface area contributed by atoms with Crippen LogP contribution in [0.15, 0.2) is 30.3 Å². The van der Waals surface area contributed by atoms with E-state index in [1.54, 1.807) is 13.0 Å². The molecule has 0 aliphatic rings. The van der Waals surface area contributed by atoms with Crippen LogP contribution in [-0.2, 0) is 0 Å². The van der Waals surface area contributed by atoms with Crippen LogP contribution in [0, 0.1) is 6.92 Å². The van der Waals surface area contributed by atoms with E-state index in [1.807, 2.05) is 31.2 Å². The Hall–Kier alpha value is -2.63. The van der Waals surface area contributed by atoms with Gasteiger partial charge in [-0.2, -0.15) is 0 Å². The van der Waals surface area contributed by atoms with Crippen LogP contribution in [0.4, 0.5) is 11.5 Å². The zero-order chi connectivity index (χ0) is 17.4. The number of carbonyl (C=O) groups is 1. The van der Waals surface area contributed by atoms with Crippen molar-refractivity contribution in [2.24, 2.45) is 0 Å². The highest BCUT2D eigenvalue weighted by molar-refractivity contribution is 5.93. The van der Waals surface area contributed by atoms with Crippen molar-refractivity contribution in [1.82, 2.24) is 15.3 Å². The van der Waals surface area contributed by atoms with E-state index in [9.17, 15) is 4.79 Å². The molecule has 128 valence electrons. The lowest BCUT2D eigenvalue weighted by molar-refractivity contribution is 0.0948. The first-order chi connectivity index (χ1) is 11.6. The maximum Gasteiger partial charge on any atom is 0.270 e. The van der Waals surface area contributed by atoms with Crippen molar-refractivity contribution >= 4 is 17.4 Å². The molecule has 0 spiro atoms. The highest BCUT2D eigenvalue weighted by Crippen LogP contribution is 2.26. The SMILES string of the molecule is CCCCNC(=O)c1cc(Nc2ccccc2OCC)nc(C)n1. The van der Waals surface area contributed by atoms with Gasteiger partial charge in [-0.15, -0.1) is 0 Å². The first-order valence-electron chi connectivity index (χ1n) is 8.26. The number of amides is 1. The summed E-state index contributed by atoms with van der Waals surface area (Å²) in [4.78, 5) is 20.8. The monoisotopic (exact) mass is 328 g/mol. The van der Waals surface area contributed by atoms with Gasteiger partial charge in [-0.25, -0.2) is 9.97 Å². The number of rotatable bonds is 8. The Labute approximate surface area is 142 Å². The average molecular weight is 328 g/mol. The van der Waals surface area contributed by atoms with Gasteiger partial charge in [0.1, 0.15) is 23.1 Å². The van der Waals surface area contributed by atoms with E-state index < -0.39 is 0 Å². The molecule has 0 saturated carbocycles. The third kappa shape index (κ3) is 4.94. The molecule has 6 nitrogen and oxygen atoms in total. The van der Waals surface area contributed by atoms with E-state index >= 15 is 0 Å². The van der Waals surface area contributed by atoms with Crippen LogP contribution in [0.2, 0.25) is 0 Å². The second kappa shape index (κ2) is 8.86. The molecule has 0 bridgehead atoms. The van der Waals surface area contributed by atoms with Crippen LogP contribution in [-0.4, -0.2) is 29.0 Å². The molecule has 1 amide bonds. The summed E-state index contributed by atoms with van der Waals surface area (Å²) in [6.45, 7) is 7.01. The van der Waals surface area contributed by atoms with E-state index in [2.05, 4.69) is 27.5 Å². The first kappa shape index (κ1) is 17.7. The van der Waals surface area contributed by atoms with Gasteiger partial charge in [0.05, 0.1) is 12.3 Å². The minimum Gasteiger partial charge on any atom is -0.492 e. The smallest absolute Gasteiger partial charge is 0.270 e. The molecule has 0 saturated heterocycles. The van der Waals surface area contributed by atoms with Crippen LogP contribution in [0.3, 0.4) is 0 Å². The predicted octanol–water partition coefficient (Wildman–Crippen LogP) is 3.46. The van der Waals surface area contributed by atoms with Crippen molar-refractivity contribution < 1.29 is 9.53 Å². The van der Waals surface area contributed by atoms with Gasteiger partial charge in [-0.3, -0.25) is 4.79 Å².